The Bertz CT molecular complexity index is 1200. The second kappa shape index (κ2) is 5.74. The highest BCUT2D eigenvalue weighted by atomic mass is 16.3. The number of pyridine rings is 1. The first kappa shape index (κ1) is 14.7. The lowest BCUT2D eigenvalue weighted by molar-refractivity contribution is 0.476. The van der Waals surface area contributed by atoms with E-state index in [4.69, 9.17) is 0 Å². The molecule has 0 aliphatic carbocycles. The van der Waals surface area contributed by atoms with E-state index in [-0.39, 0.29) is 0 Å². The van der Waals surface area contributed by atoms with Gasteiger partial charge in [0.2, 0.25) is 0 Å². The van der Waals surface area contributed by atoms with E-state index in [2.05, 4.69) is 41.4 Å². The van der Waals surface area contributed by atoms with Gasteiger partial charge in [0.15, 0.2) is 0 Å². The average Bonchev–Trinajstić information content (AvgIpc) is 3.12. The highest BCUT2D eigenvalue weighted by Gasteiger charge is 2.05. The fraction of sp³-hybridized carbons (Fsp3) is 0. The minimum Gasteiger partial charge on any atom is -0.508 e. The molecule has 0 spiro atoms. The molecule has 0 aliphatic rings. The van der Waals surface area contributed by atoms with Crippen molar-refractivity contribution in [1.29, 1.82) is 0 Å². The monoisotopic (exact) mass is 336 g/mol. The maximum Gasteiger partial charge on any atom is 0.137 e. The van der Waals surface area contributed by atoms with Crippen LogP contribution >= 0.6 is 0 Å². The Morgan fingerprint density at radius 1 is 0.692 bits per heavy atom. The number of nitrogens with zero attached hydrogens (tertiary/aromatic N) is 2. The molecule has 0 atom stereocenters. The summed E-state index contributed by atoms with van der Waals surface area (Å²) in [4.78, 5) is 4.67. The van der Waals surface area contributed by atoms with E-state index in [1.54, 1.807) is 12.1 Å². The van der Waals surface area contributed by atoms with Gasteiger partial charge in [-0.2, -0.15) is 0 Å². The highest BCUT2D eigenvalue weighted by molar-refractivity contribution is 5.88. The molecule has 0 aliphatic heterocycles. The molecule has 5 aromatic rings. The zero-order valence-corrected chi connectivity index (χ0v) is 14.0. The molecule has 0 saturated heterocycles. The third-order valence-corrected chi connectivity index (χ3v) is 4.70. The first-order valence-corrected chi connectivity index (χ1v) is 8.54. The first-order valence-electron chi connectivity index (χ1n) is 8.54. The quantitative estimate of drug-likeness (QED) is 0.460. The topological polar surface area (TPSA) is 37.5 Å². The molecule has 26 heavy (non-hydrogen) atoms. The van der Waals surface area contributed by atoms with Crippen molar-refractivity contribution < 1.29 is 5.11 Å². The number of rotatable bonds is 2. The number of aromatic nitrogens is 2. The fourth-order valence-corrected chi connectivity index (χ4v) is 3.32. The van der Waals surface area contributed by atoms with Gasteiger partial charge in [-0.25, -0.2) is 4.98 Å². The predicted octanol–water partition coefficient (Wildman–Crippen LogP) is 5.53. The van der Waals surface area contributed by atoms with Gasteiger partial charge in [-0.15, -0.1) is 0 Å². The molecule has 3 aromatic carbocycles. The average molecular weight is 336 g/mol. The smallest absolute Gasteiger partial charge is 0.137 e. The number of fused-ring (bicyclic) bond motifs is 2. The minimum atomic E-state index is 0.294. The van der Waals surface area contributed by atoms with Gasteiger partial charge >= 0.3 is 0 Å². The van der Waals surface area contributed by atoms with Gasteiger partial charge in [-0.05, 0) is 52.2 Å². The molecule has 0 saturated carbocycles. The molecule has 0 bridgehead atoms. The molecule has 0 radical (unpaired) electrons. The molecule has 1 N–H and O–H groups in total. The first-order chi connectivity index (χ1) is 12.8. The largest absolute Gasteiger partial charge is 0.508 e. The third-order valence-electron chi connectivity index (χ3n) is 4.70. The number of hydrogen-bond donors (Lipinski definition) is 1. The van der Waals surface area contributed by atoms with Crippen molar-refractivity contribution in [2.24, 2.45) is 0 Å². The number of phenols is 1. The molecular weight excluding hydrogens is 320 g/mol. The summed E-state index contributed by atoms with van der Waals surface area (Å²) in [5.74, 6) is 0.294. The minimum absolute atomic E-state index is 0.294. The summed E-state index contributed by atoms with van der Waals surface area (Å²) in [7, 11) is 0. The van der Waals surface area contributed by atoms with E-state index in [1.165, 1.54) is 0 Å². The molecule has 0 amide bonds. The van der Waals surface area contributed by atoms with E-state index >= 15 is 0 Å². The molecule has 3 nitrogen and oxygen atoms in total. The standard InChI is InChI=1S/C23H16N2O/c26-21-11-10-19-13-18(8-9-20(19)14-21)16-4-6-17(7-5-16)22-15-25-12-2-1-3-23(25)24-22/h1-15,26H. The van der Waals surface area contributed by atoms with E-state index in [1.807, 2.05) is 47.1 Å². The van der Waals surface area contributed by atoms with Crippen molar-refractivity contribution >= 4 is 16.4 Å². The van der Waals surface area contributed by atoms with Gasteiger partial charge in [0.1, 0.15) is 11.4 Å². The van der Waals surface area contributed by atoms with Crippen LogP contribution in [-0.4, -0.2) is 14.5 Å². The predicted molar refractivity (Wildman–Crippen MR) is 105 cm³/mol. The molecule has 5 rings (SSSR count). The van der Waals surface area contributed by atoms with Crippen molar-refractivity contribution in [2.75, 3.05) is 0 Å². The van der Waals surface area contributed by atoms with Gasteiger partial charge in [0.25, 0.3) is 0 Å². The van der Waals surface area contributed by atoms with Gasteiger partial charge < -0.3 is 9.51 Å². The Morgan fingerprint density at radius 2 is 1.42 bits per heavy atom. The summed E-state index contributed by atoms with van der Waals surface area (Å²) in [6, 6.07) is 26.2. The number of benzene rings is 3. The summed E-state index contributed by atoms with van der Waals surface area (Å²) in [5, 5.41) is 11.8. The summed E-state index contributed by atoms with van der Waals surface area (Å²) >= 11 is 0. The Morgan fingerprint density at radius 3 is 2.27 bits per heavy atom. The zero-order chi connectivity index (χ0) is 17.5. The van der Waals surface area contributed by atoms with Crippen molar-refractivity contribution in [2.45, 2.75) is 0 Å². The van der Waals surface area contributed by atoms with Gasteiger partial charge in [0, 0.05) is 18.0 Å². The third kappa shape index (κ3) is 2.50. The number of imidazole rings is 1. The van der Waals surface area contributed by atoms with Crippen LogP contribution in [0.25, 0.3) is 38.8 Å². The van der Waals surface area contributed by atoms with E-state index in [0.29, 0.717) is 5.75 Å². The van der Waals surface area contributed by atoms with E-state index in [0.717, 1.165) is 38.8 Å². The van der Waals surface area contributed by atoms with Crippen LogP contribution in [0.4, 0.5) is 0 Å². The second-order valence-electron chi connectivity index (χ2n) is 6.42. The van der Waals surface area contributed by atoms with Crippen molar-refractivity contribution in [3.05, 3.63) is 91.3 Å². The van der Waals surface area contributed by atoms with Crippen LogP contribution in [0.2, 0.25) is 0 Å². The normalized spacial score (nSPS) is 11.2. The maximum atomic E-state index is 9.60. The Kier molecular flexibility index (Phi) is 3.25. The summed E-state index contributed by atoms with van der Waals surface area (Å²) in [5.41, 5.74) is 5.33. The van der Waals surface area contributed by atoms with Gasteiger partial charge in [0.05, 0.1) is 5.69 Å². The van der Waals surface area contributed by atoms with Crippen LogP contribution in [0.5, 0.6) is 5.75 Å². The van der Waals surface area contributed by atoms with Crippen molar-refractivity contribution in [3.63, 3.8) is 0 Å². The van der Waals surface area contributed by atoms with Crippen LogP contribution in [0, 0.1) is 0 Å². The van der Waals surface area contributed by atoms with E-state index in [9.17, 15) is 5.11 Å². The molecule has 124 valence electrons. The number of aromatic hydroxyl groups is 1. The lowest BCUT2D eigenvalue weighted by Gasteiger charge is -2.06. The lowest BCUT2D eigenvalue weighted by Crippen LogP contribution is -1.81. The Balaban J connectivity index is 1.52. The zero-order valence-electron chi connectivity index (χ0n) is 14.0. The highest BCUT2D eigenvalue weighted by Crippen LogP contribution is 2.28. The summed E-state index contributed by atoms with van der Waals surface area (Å²) < 4.78 is 2.03. The Labute approximate surface area is 150 Å². The van der Waals surface area contributed by atoms with Gasteiger partial charge in [-0.1, -0.05) is 48.5 Å². The molecule has 0 unspecified atom stereocenters. The molecule has 0 fully saturated rings. The fourth-order valence-electron chi connectivity index (χ4n) is 3.32. The lowest BCUT2D eigenvalue weighted by atomic mass is 10.00. The molecular formula is C23H16N2O. The van der Waals surface area contributed by atoms with Crippen LogP contribution in [-0.2, 0) is 0 Å². The summed E-state index contributed by atoms with van der Waals surface area (Å²) in [6.07, 6.45) is 4.06. The maximum absolute atomic E-state index is 9.60. The summed E-state index contributed by atoms with van der Waals surface area (Å²) in [6.45, 7) is 0. The molecule has 2 heterocycles. The van der Waals surface area contributed by atoms with Crippen LogP contribution in [0.15, 0.2) is 91.3 Å². The molecule has 2 aromatic heterocycles. The SMILES string of the molecule is Oc1ccc2cc(-c3ccc(-c4cn5ccccc5n4)cc3)ccc2c1. The second-order valence-corrected chi connectivity index (χ2v) is 6.42. The van der Waals surface area contributed by atoms with Crippen LogP contribution < -0.4 is 0 Å². The van der Waals surface area contributed by atoms with Crippen molar-refractivity contribution in [1.82, 2.24) is 9.38 Å². The molecule has 3 heteroatoms. The van der Waals surface area contributed by atoms with E-state index < -0.39 is 0 Å². The number of hydrogen-bond acceptors (Lipinski definition) is 2. The van der Waals surface area contributed by atoms with Crippen LogP contribution in [0.1, 0.15) is 0 Å². The van der Waals surface area contributed by atoms with Crippen molar-refractivity contribution in [3.8, 4) is 28.1 Å². The van der Waals surface area contributed by atoms with Crippen LogP contribution in [0.3, 0.4) is 0 Å². The Hall–Kier alpha value is -3.59. The van der Waals surface area contributed by atoms with Gasteiger partial charge in [-0.3, -0.25) is 0 Å². The number of phenolic OH excluding ortho intramolecular Hbond substituents is 1.